The highest BCUT2D eigenvalue weighted by atomic mass is 35.5. The predicted octanol–water partition coefficient (Wildman–Crippen LogP) is 3.39. The van der Waals surface area contributed by atoms with Crippen molar-refractivity contribution in [3.63, 3.8) is 0 Å². The number of benzene rings is 1. The Morgan fingerprint density at radius 3 is 2.65 bits per heavy atom. The van der Waals surface area contributed by atoms with Crippen LogP contribution in [0.2, 0.25) is 0 Å². The Morgan fingerprint density at radius 1 is 1.20 bits per heavy atom. The van der Waals surface area contributed by atoms with E-state index in [0.717, 1.165) is 11.8 Å². The molecule has 1 aromatic carbocycles. The molecule has 0 spiro atoms. The standard InChI is InChI=1S/C16H22N2O.ClH/c17-13-8-4-7-12(9-13)16(19)18-15-10-14(15)11-5-2-1-3-6-11;/h4,7-9,11,14-15H,1-3,5-6,10,17H2,(H,18,19);1H. The smallest absolute Gasteiger partial charge is 0.251 e. The van der Waals surface area contributed by atoms with E-state index in [1.165, 1.54) is 38.5 Å². The number of rotatable bonds is 3. The van der Waals surface area contributed by atoms with Gasteiger partial charge in [0.15, 0.2) is 0 Å². The SMILES string of the molecule is Cl.Nc1cccc(C(=O)NC2CC2C2CCCCC2)c1. The fourth-order valence-corrected chi connectivity index (χ4v) is 3.40. The minimum Gasteiger partial charge on any atom is -0.399 e. The monoisotopic (exact) mass is 294 g/mol. The molecule has 0 bridgehead atoms. The van der Waals surface area contributed by atoms with Crippen LogP contribution in [0.1, 0.15) is 48.9 Å². The fraction of sp³-hybridized carbons (Fsp3) is 0.562. The third kappa shape index (κ3) is 3.45. The normalized spacial score (nSPS) is 25.6. The first-order chi connectivity index (χ1) is 9.24. The highest BCUT2D eigenvalue weighted by molar-refractivity contribution is 5.95. The van der Waals surface area contributed by atoms with Crippen molar-refractivity contribution >= 4 is 24.0 Å². The molecule has 2 saturated carbocycles. The number of halogens is 1. The maximum Gasteiger partial charge on any atom is 0.251 e. The third-order valence-corrected chi connectivity index (χ3v) is 4.56. The Labute approximate surface area is 126 Å². The molecule has 3 nitrogen and oxygen atoms in total. The number of carbonyl (C=O) groups is 1. The van der Waals surface area contributed by atoms with Crippen LogP contribution in [-0.4, -0.2) is 11.9 Å². The minimum atomic E-state index is 0. The van der Waals surface area contributed by atoms with Gasteiger partial charge in [-0.25, -0.2) is 0 Å². The number of hydrogen-bond acceptors (Lipinski definition) is 2. The van der Waals surface area contributed by atoms with Gasteiger partial charge in [0, 0.05) is 17.3 Å². The van der Waals surface area contributed by atoms with E-state index in [1.807, 2.05) is 12.1 Å². The Kier molecular flexibility index (Phi) is 4.92. The lowest BCUT2D eigenvalue weighted by molar-refractivity contribution is 0.0947. The van der Waals surface area contributed by atoms with Crippen LogP contribution in [-0.2, 0) is 0 Å². The van der Waals surface area contributed by atoms with E-state index >= 15 is 0 Å². The van der Waals surface area contributed by atoms with E-state index in [-0.39, 0.29) is 18.3 Å². The van der Waals surface area contributed by atoms with Crippen molar-refractivity contribution in [1.82, 2.24) is 5.32 Å². The molecule has 20 heavy (non-hydrogen) atoms. The van der Waals surface area contributed by atoms with Crippen molar-refractivity contribution in [1.29, 1.82) is 0 Å². The van der Waals surface area contributed by atoms with Crippen LogP contribution in [0.4, 0.5) is 5.69 Å². The summed E-state index contributed by atoms with van der Waals surface area (Å²) in [5, 5.41) is 3.15. The first-order valence-electron chi connectivity index (χ1n) is 7.40. The molecule has 1 aromatic rings. The fourth-order valence-electron chi connectivity index (χ4n) is 3.40. The molecular weight excluding hydrogens is 272 g/mol. The van der Waals surface area contributed by atoms with Crippen molar-refractivity contribution in [2.45, 2.75) is 44.6 Å². The van der Waals surface area contributed by atoms with E-state index in [9.17, 15) is 4.79 Å². The number of nitrogens with two attached hydrogens (primary N) is 1. The predicted molar refractivity (Wildman–Crippen MR) is 84.0 cm³/mol. The van der Waals surface area contributed by atoms with Gasteiger partial charge in [0.2, 0.25) is 0 Å². The van der Waals surface area contributed by atoms with Gasteiger partial charge in [0.1, 0.15) is 0 Å². The van der Waals surface area contributed by atoms with Crippen LogP contribution in [0, 0.1) is 11.8 Å². The summed E-state index contributed by atoms with van der Waals surface area (Å²) >= 11 is 0. The first-order valence-corrected chi connectivity index (χ1v) is 7.40. The summed E-state index contributed by atoms with van der Waals surface area (Å²) in [6.45, 7) is 0. The lowest BCUT2D eigenvalue weighted by atomic mass is 9.85. The molecule has 1 amide bonds. The van der Waals surface area contributed by atoms with E-state index in [0.29, 0.717) is 17.3 Å². The molecule has 0 aromatic heterocycles. The molecule has 3 N–H and O–H groups in total. The summed E-state index contributed by atoms with van der Waals surface area (Å²) in [6, 6.07) is 7.60. The summed E-state index contributed by atoms with van der Waals surface area (Å²) in [5.74, 6) is 1.60. The van der Waals surface area contributed by atoms with Crippen LogP contribution in [0.25, 0.3) is 0 Å². The van der Waals surface area contributed by atoms with Crippen molar-refractivity contribution < 1.29 is 4.79 Å². The van der Waals surface area contributed by atoms with E-state index < -0.39 is 0 Å². The Bertz CT molecular complexity index is 471. The average Bonchev–Trinajstić information content (AvgIpc) is 3.19. The second kappa shape index (κ2) is 6.49. The van der Waals surface area contributed by atoms with E-state index in [2.05, 4.69) is 5.32 Å². The summed E-state index contributed by atoms with van der Waals surface area (Å²) < 4.78 is 0. The highest BCUT2D eigenvalue weighted by Crippen LogP contribution is 2.44. The van der Waals surface area contributed by atoms with Gasteiger partial charge in [0.05, 0.1) is 0 Å². The number of anilines is 1. The molecule has 0 aliphatic heterocycles. The zero-order valence-corrected chi connectivity index (χ0v) is 12.5. The van der Waals surface area contributed by atoms with Gasteiger partial charge < -0.3 is 11.1 Å². The van der Waals surface area contributed by atoms with Gasteiger partial charge in [-0.05, 0) is 36.5 Å². The van der Waals surface area contributed by atoms with Gasteiger partial charge in [-0.2, -0.15) is 0 Å². The van der Waals surface area contributed by atoms with Crippen molar-refractivity contribution in [2.24, 2.45) is 11.8 Å². The van der Waals surface area contributed by atoms with Gasteiger partial charge in [-0.15, -0.1) is 12.4 Å². The highest BCUT2D eigenvalue weighted by Gasteiger charge is 2.43. The summed E-state index contributed by atoms with van der Waals surface area (Å²) in [6.07, 6.45) is 8.01. The number of hydrogen-bond donors (Lipinski definition) is 2. The summed E-state index contributed by atoms with van der Waals surface area (Å²) in [5.41, 5.74) is 7.03. The van der Waals surface area contributed by atoms with Crippen LogP contribution >= 0.6 is 12.4 Å². The molecule has 2 aliphatic rings. The second-order valence-corrected chi connectivity index (χ2v) is 6.00. The average molecular weight is 295 g/mol. The number of nitrogen functional groups attached to an aromatic ring is 1. The molecule has 0 heterocycles. The molecule has 0 saturated heterocycles. The van der Waals surface area contributed by atoms with Gasteiger partial charge in [0.25, 0.3) is 5.91 Å². The van der Waals surface area contributed by atoms with Gasteiger partial charge in [-0.1, -0.05) is 38.2 Å². The molecule has 0 radical (unpaired) electrons. The minimum absolute atomic E-state index is 0. The molecule has 3 rings (SSSR count). The molecule has 4 heteroatoms. The number of carbonyl (C=O) groups excluding carboxylic acids is 1. The van der Waals surface area contributed by atoms with Gasteiger partial charge in [-0.3, -0.25) is 4.79 Å². The first kappa shape index (κ1) is 15.2. The van der Waals surface area contributed by atoms with Crippen molar-refractivity contribution in [3.8, 4) is 0 Å². The van der Waals surface area contributed by atoms with Crippen LogP contribution < -0.4 is 11.1 Å². The van der Waals surface area contributed by atoms with E-state index in [4.69, 9.17) is 5.73 Å². The Balaban J connectivity index is 0.00000147. The molecule has 2 aliphatic carbocycles. The van der Waals surface area contributed by atoms with Crippen molar-refractivity contribution in [3.05, 3.63) is 29.8 Å². The molecule has 110 valence electrons. The zero-order valence-electron chi connectivity index (χ0n) is 11.7. The molecule has 2 atom stereocenters. The van der Waals surface area contributed by atoms with Crippen LogP contribution in [0.3, 0.4) is 0 Å². The Morgan fingerprint density at radius 2 is 1.95 bits per heavy atom. The third-order valence-electron chi connectivity index (χ3n) is 4.56. The van der Waals surface area contributed by atoms with Crippen LogP contribution in [0.5, 0.6) is 0 Å². The topological polar surface area (TPSA) is 55.1 Å². The van der Waals surface area contributed by atoms with Crippen LogP contribution in [0.15, 0.2) is 24.3 Å². The van der Waals surface area contributed by atoms with E-state index in [1.54, 1.807) is 12.1 Å². The lowest BCUT2D eigenvalue weighted by Gasteiger charge is -2.21. The van der Waals surface area contributed by atoms with Gasteiger partial charge >= 0.3 is 0 Å². The van der Waals surface area contributed by atoms with Crippen molar-refractivity contribution in [2.75, 3.05) is 5.73 Å². The largest absolute Gasteiger partial charge is 0.399 e. The number of amides is 1. The maximum atomic E-state index is 12.1. The second-order valence-electron chi connectivity index (χ2n) is 6.00. The molecular formula is C16H23ClN2O. The Hall–Kier alpha value is -1.22. The quantitative estimate of drug-likeness (QED) is 0.840. The maximum absolute atomic E-state index is 12.1. The lowest BCUT2D eigenvalue weighted by Crippen LogP contribution is -2.28. The summed E-state index contributed by atoms with van der Waals surface area (Å²) in [4.78, 5) is 12.1. The number of nitrogens with one attached hydrogen (secondary N) is 1. The molecule has 2 unspecified atom stereocenters. The molecule has 2 fully saturated rings. The summed E-state index contributed by atoms with van der Waals surface area (Å²) in [7, 11) is 0. The zero-order chi connectivity index (χ0) is 13.2.